The maximum Gasteiger partial charge on any atom is 0.0437 e. The Bertz CT molecular complexity index is 28.5. The largest absolute Gasteiger partial charge is 0.388 e. The van der Waals surface area contributed by atoms with Crippen molar-refractivity contribution >= 4 is 0 Å². The Hall–Kier alpha value is -0.120. The van der Waals surface area contributed by atoms with Crippen LogP contribution in [0.1, 0.15) is 13.8 Å². The lowest BCUT2D eigenvalue weighted by atomic mass is 10.8. The molecule has 3 heteroatoms. The lowest BCUT2D eigenvalue weighted by molar-refractivity contribution is 0.162. The molecule has 11 heavy (non-hydrogen) atoms. The van der Waals surface area contributed by atoms with Crippen molar-refractivity contribution in [3.05, 3.63) is 0 Å². The van der Waals surface area contributed by atoms with Crippen LogP contribution in [-0.2, 0) is 14.2 Å². The van der Waals surface area contributed by atoms with E-state index in [9.17, 15) is 0 Å². The van der Waals surface area contributed by atoms with Crippen LogP contribution in [-0.4, -0.2) is 41.7 Å². The molecular weight excluding hydrogens is 144 g/mol. The van der Waals surface area contributed by atoms with Gasteiger partial charge in [0.2, 0.25) is 0 Å². The van der Waals surface area contributed by atoms with E-state index in [0.717, 1.165) is 13.2 Å². The van der Waals surface area contributed by atoms with Gasteiger partial charge in [0.1, 0.15) is 0 Å². The fourth-order valence-corrected chi connectivity index (χ4v) is 0.204. The summed E-state index contributed by atoms with van der Waals surface area (Å²) in [6, 6.07) is 0. The van der Waals surface area contributed by atoms with Crippen molar-refractivity contribution in [1.82, 2.24) is 0 Å². The Morgan fingerprint density at radius 3 is 0.909 bits per heavy atom. The Labute approximate surface area is 70.6 Å². The minimum Gasteiger partial charge on any atom is -0.388 e. The Morgan fingerprint density at radius 1 is 0.727 bits per heavy atom. The van der Waals surface area contributed by atoms with E-state index in [0.29, 0.717) is 0 Å². The fourth-order valence-electron chi connectivity index (χ4n) is 0.204. The van der Waals surface area contributed by atoms with E-state index in [1.165, 1.54) is 0 Å². The summed E-state index contributed by atoms with van der Waals surface area (Å²) >= 11 is 0. The van der Waals surface area contributed by atoms with E-state index in [-0.39, 0.29) is 0 Å². The average Bonchev–Trinajstić information content (AvgIpc) is 1.92. The molecule has 0 atom stereocenters. The lowest BCUT2D eigenvalue weighted by Crippen LogP contribution is -1.84. The number of hydrogen-bond donors (Lipinski definition) is 0. The molecule has 0 N–H and O–H groups in total. The van der Waals surface area contributed by atoms with Crippen LogP contribution in [0, 0.1) is 0 Å². The van der Waals surface area contributed by atoms with Crippen molar-refractivity contribution in [3.8, 4) is 0 Å². The number of hydrogen-bond acceptors (Lipinski definition) is 3. The molecule has 72 valence electrons. The molecule has 0 amide bonds. The molecule has 0 aliphatic carbocycles. The van der Waals surface area contributed by atoms with E-state index in [1.807, 2.05) is 13.8 Å². The normalized spacial score (nSPS) is 7.09. The first-order valence-corrected chi connectivity index (χ1v) is 3.62. The van der Waals surface area contributed by atoms with Gasteiger partial charge in [-0.15, -0.1) is 0 Å². The third kappa shape index (κ3) is 174. The number of ether oxygens (including phenoxy) is 3. The third-order valence-electron chi connectivity index (χ3n) is 0.408. The molecule has 0 radical (unpaired) electrons. The summed E-state index contributed by atoms with van der Waals surface area (Å²) in [5.74, 6) is 0. The van der Waals surface area contributed by atoms with E-state index in [2.05, 4.69) is 9.47 Å². The molecule has 0 heterocycles. The highest BCUT2D eigenvalue weighted by Gasteiger charge is 1.64. The number of methoxy groups -OCH3 is 2. The van der Waals surface area contributed by atoms with E-state index < -0.39 is 0 Å². The predicted molar refractivity (Wildman–Crippen MR) is 48.0 cm³/mol. The highest BCUT2D eigenvalue weighted by atomic mass is 16.5. The quantitative estimate of drug-likeness (QED) is 0.623. The molecular formula is C8H22O3. The summed E-state index contributed by atoms with van der Waals surface area (Å²) < 4.78 is 13.3. The van der Waals surface area contributed by atoms with Gasteiger partial charge in [0.25, 0.3) is 0 Å². The van der Waals surface area contributed by atoms with Gasteiger partial charge < -0.3 is 14.2 Å². The van der Waals surface area contributed by atoms with Crippen LogP contribution < -0.4 is 0 Å². The van der Waals surface area contributed by atoms with Gasteiger partial charge in [-0.3, -0.25) is 0 Å². The molecule has 0 aliphatic heterocycles. The first-order valence-electron chi connectivity index (χ1n) is 3.62. The summed E-state index contributed by atoms with van der Waals surface area (Å²) in [6.07, 6.45) is 0. The zero-order valence-electron chi connectivity index (χ0n) is 8.64. The molecule has 0 rings (SSSR count). The van der Waals surface area contributed by atoms with Crippen LogP contribution >= 0.6 is 0 Å². The molecule has 0 fully saturated rings. The molecule has 0 unspecified atom stereocenters. The van der Waals surface area contributed by atoms with E-state index in [1.54, 1.807) is 28.4 Å². The maximum atomic E-state index is 4.83. The Kier molecular flexibility index (Phi) is 50.9. The van der Waals surface area contributed by atoms with Gasteiger partial charge >= 0.3 is 0 Å². The summed E-state index contributed by atoms with van der Waals surface area (Å²) in [5.41, 5.74) is 0. The second-order valence-corrected chi connectivity index (χ2v) is 1.60. The molecule has 0 aromatic rings. The van der Waals surface area contributed by atoms with Crippen LogP contribution in [0.15, 0.2) is 0 Å². The topological polar surface area (TPSA) is 27.7 Å². The first kappa shape index (κ1) is 17.1. The van der Waals surface area contributed by atoms with E-state index in [4.69, 9.17) is 4.74 Å². The van der Waals surface area contributed by atoms with Crippen LogP contribution in [0.5, 0.6) is 0 Å². The zero-order chi connectivity index (χ0) is 9.54. The highest BCUT2D eigenvalue weighted by Crippen LogP contribution is 1.64. The molecule has 0 aromatic heterocycles. The van der Waals surface area contributed by atoms with E-state index >= 15 is 0 Å². The SMILES string of the molecule is CCOCC.COC.COC. The molecule has 0 saturated carbocycles. The molecule has 0 spiro atoms. The average molecular weight is 166 g/mol. The van der Waals surface area contributed by atoms with Crippen molar-refractivity contribution in [2.45, 2.75) is 13.8 Å². The van der Waals surface area contributed by atoms with Crippen molar-refractivity contribution in [1.29, 1.82) is 0 Å². The number of rotatable bonds is 2. The summed E-state index contributed by atoms with van der Waals surface area (Å²) in [7, 11) is 6.50. The van der Waals surface area contributed by atoms with Gasteiger partial charge in [0.05, 0.1) is 0 Å². The molecule has 0 aliphatic rings. The lowest BCUT2D eigenvalue weighted by Gasteiger charge is -1.86. The van der Waals surface area contributed by atoms with Crippen molar-refractivity contribution in [2.75, 3.05) is 41.7 Å². The van der Waals surface area contributed by atoms with Crippen molar-refractivity contribution in [2.24, 2.45) is 0 Å². The van der Waals surface area contributed by atoms with Crippen LogP contribution in [0.4, 0.5) is 0 Å². The standard InChI is InChI=1S/C4H10O.2C2H6O/c1-3-5-4-2;2*1-3-2/h3-4H2,1-2H3;2*1-2H3. The monoisotopic (exact) mass is 166 g/mol. The summed E-state index contributed by atoms with van der Waals surface area (Å²) in [4.78, 5) is 0. The minimum absolute atomic E-state index is 0.844. The third-order valence-corrected chi connectivity index (χ3v) is 0.408. The van der Waals surface area contributed by atoms with Gasteiger partial charge in [-0.05, 0) is 13.8 Å². The Balaban J connectivity index is -0.0000000933. The molecule has 3 nitrogen and oxygen atoms in total. The molecule has 0 bridgehead atoms. The minimum atomic E-state index is 0.844. The first-order chi connectivity index (χ1) is 5.24. The second kappa shape index (κ2) is 32.7. The van der Waals surface area contributed by atoms with Gasteiger partial charge in [-0.2, -0.15) is 0 Å². The van der Waals surface area contributed by atoms with Crippen molar-refractivity contribution < 1.29 is 14.2 Å². The maximum absolute atomic E-state index is 4.83. The predicted octanol–water partition coefficient (Wildman–Crippen LogP) is 1.57. The summed E-state index contributed by atoms with van der Waals surface area (Å²) in [5, 5.41) is 0. The second-order valence-electron chi connectivity index (χ2n) is 1.60. The van der Waals surface area contributed by atoms with Crippen LogP contribution in [0.3, 0.4) is 0 Å². The summed E-state index contributed by atoms with van der Waals surface area (Å²) in [6.45, 7) is 5.67. The smallest absolute Gasteiger partial charge is 0.0437 e. The van der Waals surface area contributed by atoms with Gasteiger partial charge in [-0.25, -0.2) is 0 Å². The van der Waals surface area contributed by atoms with Crippen LogP contribution in [0.25, 0.3) is 0 Å². The molecule has 0 aromatic carbocycles. The zero-order valence-corrected chi connectivity index (χ0v) is 8.64. The van der Waals surface area contributed by atoms with Gasteiger partial charge in [0, 0.05) is 41.7 Å². The van der Waals surface area contributed by atoms with Crippen LogP contribution in [0.2, 0.25) is 0 Å². The highest BCUT2D eigenvalue weighted by molar-refractivity contribution is 4.07. The Morgan fingerprint density at radius 2 is 0.909 bits per heavy atom. The van der Waals surface area contributed by atoms with Gasteiger partial charge in [-0.1, -0.05) is 0 Å². The fraction of sp³-hybridized carbons (Fsp3) is 1.00. The molecule has 0 saturated heterocycles. The van der Waals surface area contributed by atoms with Gasteiger partial charge in [0.15, 0.2) is 0 Å². The van der Waals surface area contributed by atoms with Crippen molar-refractivity contribution in [3.63, 3.8) is 0 Å².